The number of aryl methyl sites for hydroxylation is 1. The summed E-state index contributed by atoms with van der Waals surface area (Å²) in [5, 5.41) is 8.44. The van der Waals surface area contributed by atoms with Crippen LogP contribution in [0.4, 0.5) is 0 Å². The summed E-state index contributed by atoms with van der Waals surface area (Å²) in [5.74, 6) is 0.183. The number of amides is 1. The van der Waals surface area contributed by atoms with Gasteiger partial charge in [0.15, 0.2) is 0 Å². The maximum absolute atomic E-state index is 11.7. The lowest BCUT2D eigenvalue weighted by Gasteiger charge is -2.23. The number of halogens is 1. The van der Waals surface area contributed by atoms with Crippen molar-refractivity contribution in [1.82, 2.24) is 10.6 Å². The fraction of sp³-hybridized carbons (Fsp3) is 0.583. The van der Waals surface area contributed by atoms with E-state index in [1.807, 2.05) is 6.07 Å². The number of carbonyl (C=O) groups is 1. The Bertz CT molecular complexity index is 323. The second kappa shape index (κ2) is 7.69. The Hall–Kier alpha value is -0.580. The van der Waals surface area contributed by atoms with E-state index in [0.717, 1.165) is 32.4 Å². The summed E-state index contributed by atoms with van der Waals surface area (Å²) in [6, 6.07) is 4.45. The van der Waals surface area contributed by atoms with E-state index >= 15 is 0 Å². The highest BCUT2D eigenvalue weighted by molar-refractivity contribution is 7.09. The lowest BCUT2D eigenvalue weighted by molar-refractivity contribution is -0.121. The Morgan fingerprint density at radius 2 is 2.47 bits per heavy atom. The van der Waals surface area contributed by atoms with E-state index in [0.29, 0.717) is 12.5 Å². The van der Waals surface area contributed by atoms with E-state index in [4.69, 9.17) is 0 Å². The first-order chi connectivity index (χ1) is 7.84. The smallest absolute Gasteiger partial charge is 0.220 e. The first-order valence-corrected chi connectivity index (χ1v) is 6.75. The lowest BCUT2D eigenvalue weighted by Crippen LogP contribution is -2.45. The molecule has 0 aromatic carbocycles. The largest absolute Gasteiger partial charge is 0.352 e. The Morgan fingerprint density at radius 1 is 1.59 bits per heavy atom. The molecule has 2 N–H and O–H groups in total. The minimum absolute atomic E-state index is 0. The van der Waals surface area contributed by atoms with Gasteiger partial charge in [-0.3, -0.25) is 4.79 Å². The Morgan fingerprint density at radius 3 is 3.12 bits per heavy atom. The van der Waals surface area contributed by atoms with Crippen LogP contribution in [0.15, 0.2) is 17.5 Å². The van der Waals surface area contributed by atoms with Crippen molar-refractivity contribution in [2.45, 2.75) is 31.7 Å². The number of thiophene rings is 1. The van der Waals surface area contributed by atoms with Gasteiger partial charge in [-0.15, -0.1) is 23.7 Å². The highest BCUT2D eigenvalue weighted by atomic mass is 35.5. The second-order valence-corrected chi connectivity index (χ2v) is 5.22. The van der Waals surface area contributed by atoms with Crippen LogP contribution in [-0.2, 0) is 11.2 Å². The maximum atomic E-state index is 11.7. The van der Waals surface area contributed by atoms with Gasteiger partial charge in [-0.2, -0.15) is 0 Å². The zero-order chi connectivity index (χ0) is 11.2. The predicted molar refractivity (Wildman–Crippen MR) is 73.9 cm³/mol. The van der Waals surface area contributed by atoms with E-state index in [9.17, 15) is 4.79 Å². The van der Waals surface area contributed by atoms with Gasteiger partial charge in [-0.05, 0) is 37.3 Å². The topological polar surface area (TPSA) is 41.1 Å². The third kappa shape index (κ3) is 5.06. The summed E-state index contributed by atoms with van der Waals surface area (Å²) in [4.78, 5) is 13.0. The average Bonchev–Trinajstić information content (AvgIpc) is 2.81. The van der Waals surface area contributed by atoms with Crippen molar-refractivity contribution in [2.75, 3.05) is 13.1 Å². The number of hydrogen-bond acceptors (Lipinski definition) is 3. The first kappa shape index (κ1) is 14.5. The molecule has 1 aromatic rings. The van der Waals surface area contributed by atoms with Crippen molar-refractivity contribution in [3.05, 3.63) is 22.4 Å². The SMILES string of the molecule is Cl.O=C(CCc1cccs1)NC1CCCNC1. The summed E-state index contributed by atoms with van der Waals surface area (Å²) in [7, 11) is 0. The van der Waals surface area contributed by atoms with Crippen LogP contribution in [0.3, 0.4) is 0 Å². The van der Waals surface area contributed by atoms with Crippen LogP contribution < -0.4 is 10.6 Å². The van der Waals surface area contributed by atoms with Gasteiger partial charge in [-0.25, -0.2) is 0 Å². The van der Waals surface area contributed by atoms with E-state index < -0.39 is 0 Å². The van der Waals surface area contributed by atoms with Crippen LogP contribution in [0.1, 0.15) is 24.1 Å². The number of piperidine rings is 1. The molecule has 0 bridgehead atoms. The molecule has 96 valence electrons. The predicted octanol–water partition coefficient (Wildman–Crippen LogP) is 1.97. The van der Waals surface area contributed by atoms with Gasteiger partial charge in [0.05, 0.1) is 0 Å². The Kier molecular flexibility index (Phi) is 6.55. The standard InChI is InChI=1S/C12H18N2OS.ClH/c15-12(6-5-11-4-2-8-16-11)14-10-3-1-7-13-9-10;/h2,4,8,10,13H,1,3,5-7,9H2,(H,14,15);1H. The van der Waals surface area contributed by atoms with Crippen LogP contribution in [-0.4, -0.2) is 25.0 Å². The number of nitrogens with one attached hydrogen (secondary N) is 2. The summed E-state index contributed by atoms with van der Waals surface area (Å²) in [6.45, 7) is 2.01. The summed E-state index contributed by atoms with van der Waals surface area (Å²) in [5.41, 5.74) is 0. The lowest BCUT2D eigenvalue weighted by atomic mass is 10.1. The molecule has 2 heterocycles. The number of rotatable bonds is 4. The van der Waals surface area contributed by atoms with Gasteiger partial charge in [0.25, 0.3) is 0 Å². The zero-order valence-corrected chi connectivity index (χ0v) is 11.4. The van der Waals surface area contributed by atoms with Crippen molar-refractivity contribution >= 4 is 29.7 Å². The van der Waals surface area contributed by atoms with Crippen LogP contribution in [0.5, 0.6) is 0 Å². The van der Waals surface area contributed by atoms with Crippen molar-refractivity contribution in [2.24, 2.45) is 0 Å². The molecule has 17 heavy (non-hydrogen) atoms. The molecular formula is C12H19ClN2OS. The number of carbonyl (C=O) groups excluding carboxylic acids is 1. The van der Waals surface area contributed by atoms with Gasteiger partial charge < -0.3 is 10.6 Å². The summed E-state index contributed by atoms with van der Waals surface area (Å²) < 4.78 is 0. The molecule has 1 atom stereocenters. The Labute approximate surface area is 112 Å². The molecule has 0 radical (unpaired) electrons. The fourth-order valence-corrected chi connectivity index (χ4v) is 2.68. The third-order valence-corrected chi connectivity index (χ3v) is 3.78. The fourth-order valence-electron chi connectivity index (χ4n) is 1.97. The van der Waals surface area contributed by atoms with Crippen molar-refractivity contribution in [1.29, 1.82) is 0 Å². The zero-order valence-electron chi connectivity index (χ0n) is 9.78. The normalized spacial score (nSPS) is 19.4. The van der Waals surface area contributed by atoms with Gasteiger partial charge >= 0.3 is 0 Å². The molecule has 1 aromatic heterocycles. The van der Waals surface area contributed by atoms with Crippen molar-refractivity contribution in [3.8, 4) is 0 Å². The van der Waals surface area contributed by atoms with Crippen molar-refractivity contribution in [3.63, 3.8) is 0 Å². The van der Waals surface area contributed by atoms with E-state index in [2.05, 4.69) is 22.1 Å². The molecule has 1 amide bonds. The molecular weight excluding hydrogens is 256 g/mol. The molecule has 0 saturated carbocycles. The molecule has 1 aliphatic heterocycles. The van der Waals surface area contributed by atoms with Gasteiger partial charge in [0.1, 0.15) is 0 Å². The summed E-state index contributed by atoms with van der Waals surface area (Å²) in [6.07, 6.45) is 3.74. The van der Waals surface area contributed by atoms with E-state index in [1.165, 1.54) is 4.88 Å². The molecule has 1 unspecified atom stereocenters. The summed E-state index contributed by atoms with van der Waals surface area (Å²) >= 11 is 1.72. The Balaban J connectivity index is 0.00000144. The molecule has 0 spiro atoms. The molecule has 3 nitrogen and oxygen atoms in total. The van der Waals surface area contributed by atoms with Crippen molar-refractivity contribution < 1.29 is 4.79 Å². The average molecular weight is 275 g/mol. The number of hydrogen-bond donors (Lipinski definition) is 2. The molecule has 0 aliphatic carbocycles. The minimum Gasteiger partial charge on any atom is -0.352 e. The van der Waals surface area contributed by atoms with E-state index in [1.54, 1.807) is 11.3 Å². The highest BCUT2D eigenvalue weighted by Crippen LogP contribution is 2.11. The molecule has 1 aliphatic rings. The van der Waals surface area contributed by atoms with Gasteiger partial charge in [-0.1, -0.05) is 6.07 Å². The molecule has 2 rings (SSSR count). The van der Waals surface area contributed by atoms with Gasteiger partial charge in [0.2, 0.25) is 5.91 Å². The van der Waals surface area contributed by atoms with Crippen LogP contribution in [0, 0.1) is 0 Å². The second-order valence-electron chi connectivity index (χ2n) is 4.19. The van der Waals surface area contributed by atoms with Crippen LogP contribution in [0.2, 0.25) is 0 Å². The molecule has 5 heteroatoms. The first-order valence-electron chi connectivity index (χ1n) is 5.87. The van der Waals surface area contributed by atoms with Gasteiger partial charge in [0, 0.05) is 23.9 Å². The van der Waals surface area contributed by atoms with E-state index in [-0.39, 0.29) is 18.3 Å². The van der Waals surface area contributed by atoms with Crippen LogP contribution in [0.25, 0.3) is 0 Å². The molecule has 1 saturated heterocycles. The monoisotopic (exact) mass is 274 g/mol. The van der Waals surface area contributed by atoms with Crippen LogP contribution >= 0.6 is 23.7 Å². The quantitative estimate of drug-likeness (QED) is 0.881. The maximum Gasteiger partial charge on any atom is 0.220 e. The third-order valence-electron chi connectivity index (χ3n) is 2.84. The highest BCUT2D eigenvalue weighted by Gasteiger charge is 2.14. The molecule has 1 fully saturated rings. The minimum atomic E-state index is 0.